The van der Waals surface area contributed by atoms with Crippen LogP contribution in [0, 0.1) is 0 Å². The highest BCUT2D eigenvalue weighted by Gasteiger charge is 2.18. The second kappa shape index (κ2) is 7.78. The van der Waals surface area contributed by atoms with Gasteiger partial charge in [-0.15, -0.1) is 11.6 Å². The SMILES string of the molecule is CC(=O)[15NH][13C@H]([13CH2]SCC(O)CCl)[13C](=O)O. The maximum absolute atomic E-state index is 10.7. The summed E-state index contributed by atoms with van der Waals surface area (Å²) in [6.45, 7) is 1.26. The summed E-state index contributed by atoms with van der Waals surface area (Å²) >= 11 is 6.60. The number of aliphatic hydroxyl groups is 1. The summed E-state index contributed by atoms with van der Waals surface area (Å²) < 4.78 is 0. The molecule has 0 rings (SSSR count). The summed E-state index contributed by atoms with van der Waals surface area (Å²) in [6.07, 6.45) is -0.650. The van der Waals surface area contributed by atoms with E-state index in [0.717, 1.165) is 0 Å². The van der Waals surface area contributed by atoms with Gasteiger partial charge in [0.1, 0.15) is 6.04 Å². The van der Waals surface area contributed by atoms with Crippen LogP contribution in [-0.2, 0) is 9.59 Å². The fourth-order valence-corrected chi connectivity index (χ4v) is 2.01. The normalized spacial score (nSPS) is 14.3. The van der Waals surface area contributed by atoms with Crippen molar-refractivity contribution in [1.82, 2.24) is 5.32 Å². The lowest BCUT2D eigenvalue weighted by Gasteiger charge is -2.13. The minimum absolute atomic E-state index is 0.116. The Balaban J connectivity index is 3.86. The van der Waals surface area contributed by atoms with Gasteiger partial charge in [-0.2, -0.15) is 11.8 Å². The topological polar surface area (TPSA) is 86.6 Å². The van der Waals surface area contributed by atoms with Crippen LogP contribution in [0.2, 0.25) is 0 Å². The number of aliphatic hydroxyl groups excluding tert-OH is 1. The second-order valence-corrected chi connectivity index (χ2v) is 4.32. The molecule has 7 heteroatoms. The molecule has 0 fully saturated rings. The number of nitrogens with one attached hydrogen (secondary N) is 1. The number of carbonyl (C=O) groups is 2. The molecule has 0 aromatic heterocycles. The number of carboxylic acid groups (broad SMARTS) is 1. The first-order chi connectivity index (χ1) is 6.97. The van der Waals surface area contributed by atoms with Crippen LogP contribution in [0.25, 0.3) is 0 Å². The van der Waals surface area contributed by atoms with Crippen LogP contribution in [0.1, 0.15) is 6.92 Å². The average Bonchev–Trinajstić information content (AvgIpc) is 2.15. The fraction of sp³-hybridized carbons (Fsp3) is 0.750. The predicted octanol–water partition coefficient (Wildman–Crippen LogP) is -0.0914. The van der Waals surface area contributed by atoms with Crippen molar-refractivity contribution in [3.8, 4) is 0 Å². The number of hydrogen-bond acceptors (Lipinski definition) is 4. The summed E-state index contributed by atoms with van der Waals surface area (Å²) in [5, 5.41) is 20.1. The van der Waals surface area contributed by atoms with E-state index in [0.29, 0.717) is 5.75 Å². The van der Waals surface area contributed by atoms with Crippen molar-refractivity contribution in [2.75, 3.05) is 17.4 Å². The van der Waals surface area contributed by atoms with Crippen molar-refractivity contribution in [2.45, 2.75) is 19.1 Å². The quantitative estimate of drug-likeness (QED) is 0.338. The van der Waals surface area contributed by atoms with Gasteiger partial charge in [0, 0.05) is 24.3 Å². The summed E-state index contributed by atoms with van der Waals surface area (Å²) in [5.74, 6) is -0.792. The molecule has 0 bridgehead atoms. The van der Waals surface area contributed by atoms with Crippen LogP contribution in [0.3, 0.4) is 0 Å². The van der Waals surface area contributed by atoms with Crippen molar-refractivity contribution >= 4 is 35.2 Å². The van der Waals surface area contributed by atoms with E-state index in [9.17, 15) is 9.59 Å². The van der Waals surface area contributed by atoms with Crippen LogP contribution in [0.4, 0.5) is 0 Å². The minimum atomic E-state index is -1.09. The molecule has 0 spiro atoms. The fourth-order valence-electron chi connectivity index (χ4n) is 0.787. The van der Waals surface area contributed by atoms with E-state index in [4.69, 9.17) is 21.8 Å². The standard InChI is InChI=1S/C8H14ClNO4S/c1-5(11)10-7(8(13)14)4-15-3-6(12)2-9/h6-7,12H,2-4H2,1H3,(H,10,11)(H,13,14)/t6?,7-/m1/s1/i4+1,7+1,8+1,10+1. The zero-order chi connectivity index (χ0) is 11.8. The van der Waals surface area contributed by atoms with E-state index in [1.165, 1.54) is 18.7 Å². The zero-order valence-corrected chi connectivity index (χ0v) is 9.85. The molecule has 2 atom stereocenters. The first-order valence-corrected chi connectivity index (χ1v) is 5.98. The molecule has 0 saturated heterocycles. The van der Waals surface area contributed by atoms with E-state index in [-0.39, 0.29) is 17.5 Å². The van der Waals surface area contributed by atoms with Crippen molar-refractivity contribution in [1.29, 1.82) is 0 Å². The number of alkyl halides is 1. The lowest BCUT2D eigenvalue weighted by Crippen LogP contribution is -2.41. The Bertz CT molecular complexity index is 227. The largest absolute Gasteiger partial charge is 0.480 e. The van der Waals surface area contributed by atoms with Gasteiger partial charge in [0.15, 0.2) is 0 Å². The number of amides is 1. The van der Waals surface area contributed by atoms with Crippen molar-refractivity contribution in [2.24, 2.45) is 0 Å². The number of hydrogen-bond donors (Lipinski definition) is 3. The Morgan fingerprint density at radius 2 is 2.07 bits per heavy atom. The maximum atomic E-state index is 10.7. The predicted molar refractivity (Wildman–Crippen MR) is 59.3 cm³/mol. The molecule has 5 nitrogen and oxygen atoms in total. The van der Waals surface area contributed by atoms with Crippen molar-refractivity contribution < 1.29 is 19.8 Å². The van der Waals surface area contributed by atoms with Gasteiger partial charge in [-0.25, -0.2) is 4.79 Å². The molecule has 0 aliphatic heterocycles. The van der Waals surface area contributed by atoms with E-state index in [1.807, 2.05) is 0 Å². The molecule has 15 heavy (non-hydrogen) atoms. The molecular weight excluding hydrogens is 246 g/mol. The first kappa shape index (κ1) is 14.5. The Hall–Kier alpha value is -0.460. The monoisotopic (exact) mass is 259 g/mol. The molecule has 1 amide bonds. The van der Waals surface area contributed by atoms with Crippen LogP contribution < -0.4 is 5.32 Å². The van der Waals surface area contributed by atoms with Gasteiger partial charge < -0.3 is 15.5 Å². The summed E-state index contributed by atoms with van der Waals surface area (Å²) in [4.78, 5) is 21.3. The minimum Gasteiger partial charge on any atom is -0.480 e. The van der Waals surface area contributed by atoms with E-state index < -0.39 is 18.1 Å². The molecule has 0 saturated carbocycles. The number of thioether (sulfide) groups is 1. The number of carboxylic acids is 1. The highest BCUT2D eigenvalue weighted by molar-refractivity contribution is 7.99. The maximum Gasteiger partial charge on any atom is 0.327 e. The molecule has 0 aromatic carbocycles. The summed E-state index contributed by atoms with van der Waals surface area (Å²) in [7, 11) is 0. The van der Waals surface area contributed by atoms with Crippen LogP contribution >= 0.6 is 23.4 Å². The highest BCUT2D eigenvalue weighted by Crippen LogP contribution is 2.06. The van der Waals surface area contributed by atoms with E-state index >= 15 is 0 Å². The van der Waals surface area contributed by atoms with E-state index in [1.54, 1.807) is 0 Å². The van der Waals surface area contributed by atoms with E-state index in [2.05, 4.69) is 5.32 Å². The van der Waals surface area contributed by atoms with Gasteiger partial charge >= 0.3 is 5.97 Å². The van der Waals surface area contributed by atoms with Gasteiger partial charge in [0.25, 0.3) is 0 Å². The third kappa shape index (κ3) is 7.47. The van der Waals surface area contributed by atoms with Gasteiger partial charge in [-0.05, 0) is 0 Å². The summed E-state index contributed by atoms with van der Waals surface area (Å²) in [5.41, 5.74) is 0. The molecule has 0 aromatic rings. The van der Waals surface area contributed by atoms with Gasteiger partial charge in [0.05, 0.1) is 6.10 Å². The van der Waals surface area contributed by atoms with Crippen LogP contribution in [-0.4, -0.2) is 51.6 Å². The van der Waals surface area contributed by atoms with Gasteiger partial charge in [-0.3, -0.25) is 4.79 Å². The molecule has 3 N–H and O–H groups in total. The zero-order valence-electron chi connectivity index (χ0n) is 8.27. The lowest BCUT2D eigenvalue weighted by atomic mass is 10.5. The Morgan fingerprint density at radius 3 is 2.47 bits per heavy atom. The van der Waals surface area contributed by atoms with Crippen molar-refractivity contribution in [3.05, 3.63) is 0 Å². The molecule has 88 valence electrons. The Morgan fingerprint density at radius 1 is 1.47 bits per heavy atom. The number of carbonyl (C=O) groups excluding carboxylic acids is 1. The third-order valence-corrected chi connectivity index (χ3v) is 2.99. The first-order valence-electron chi connectivity index (χ1n) is 4.29. The van der Waals surface area contributed by atoms with Crippen LogP contribution in [0.5, 0.6) is 0 Å². The molecule has 0 aliphatic carbocycles. The highest BCUT2D eigenvalue weighted by atomic mass is 35.5. The smallest absolute Gasteiger partial charge is 0.327 e. The Kier molecular flexibility index (Phi) is 7.54. The summed E-state index contributed by atoms with van der Waals surface area (Å²) in [6, 6.07) is -0.921. The molecule has 0 aliphatic rings. The van der Waals surface area contributed by atoms with Crippen LogP contribution in [0.15, 0.2) is 0 Å². The number of aliphatic carboxylic acids is 1. The van der Waals surface area contributed by atoms with Gasteiger partial charge in [-0.1, -0.05) is 0 Å². The molecular formula is C8H14ClNO4S. The lowest BCUT2D eigenvalue weighted by molar-refractivity contribution is -0.140. The average molecular weight is 260 g/mol. The molecule has 1 unspecified atom stereocenters. The second-order valence-electron chi connectivity index (χ2n) is 2.94. The molecule has 0 heterocycles. The van der Waals surface area contributed by atoms with Gasteiger partial charge in [0.2, 0.25) is 5.91 Å². The number of halogens is 1. The number of rotatable bonds is 7. The Labute approximate surface area is 97.2 Å². The van der Waals surface area contributed by atoms with Crippen molar-refractivity contribution in [3.63, 3.8) is 0 Å². The third-order valence-electron chi connectivity index (χ3n) is 1.45. The molecule has 0 radical (unpaired) electrons.